The molecule has 168 valence electrons. The van der Waals surface area contributed by atoms with Crippen LogP contribution >= 0.6 is 0 Å². The fourth-order valence-electron chi connectivity index (χ4n) is 4.32. The standard InChI is InChI=1S/C25H21N7O2/c1-34-18-5-6-19-14(11-18)2-3-16-12-28-25(30-22(16)19)32-13-20(23(26)31-32)24(33)29-17-4-7-21-15(10-17)8-9-27-21/h4-13,27H,2-3H2,1H3,(H2,26,31)(H,29,33). The molecule has 1 aliphatic carbocycles. The molecular weight excluding hydrogens is 430 g/mol. The summed E-state index contributed by atoms with van der Waals surface area (Å²) < 4.78 is 6.80. The molecule has 0 aliphatic heterocycles. The Kier molecular flexibility index (Phi) is 4.54. The Balaban J connectivity index is 1.31. The van der Waals surface area contributed by atoms with E-state index in [-0.39, 0.29) is 17.3 Å². The van der Waals surface area contributed by atoms with Gasteiger partial charge in [-0.1, -0.05) is 0 Å². The minimum Gasteiger partial charge on any atom is -0.497 e. The van der Waals surface area contributed by atoms with Crippen LogP contribution in [-0.2, 0) is 12.8 Å². The molecule has 0 bridgehead atoms. The molecule has 9 heteroatoms. The van der Waals surface area contributed by atoms with E-state index in [1.54, 1.807) is 13.3 Å². The van der Waals surface area contributed by atoms with E-state index in [4.69, 9.17) is 15.5 Å². The average molecular weight is 451 g/mol. The third-order valence-corrected chi connectivity index (χ3v) is 6.09. The number of H-pyrrole nitrogens is 1. The third-order valence-electron chi connectivity index (χ3n) is 6.09. The van der Waals surface area contributed by atoms with Crippen molar-refractivity contribution < 1.29 is 9.53 Å². The number of carbonyl (C=O) groups excluding carboxylic acids is 1. The molecule has 0 atom stereocenters. The number of carbonyl (C=O) groups is 1. The molecule has 6 rings (SSSR count). The van der Waals surface area contributed by atoms with E-state index in [0.29, 0.717) is 11.6 Å². The van der Waals surface area contributed by atoms with Crippen molar-refractivity contribution in [1.82, 2.24) is 24.7 Å². The summed E-state index contributed by atoms with van der Waals surface area (Å²) in [5, 5.41) is 8.18. The van der Waals surface area contributed by atoms with Crippen molar-refractivity contribution >= 4 is 28.3 Å². The molecular formula is C25H21N7O2. The number of fused-ring (bicyclic) bond motifs is 4. The van der Waals surface area contributed by atoms with Gasteiger partial charge in [0.05, 0.1) is 12.8 Å². The molecule has 34 heavy (non-hydrogen) atoms. The van der Waals surface area contributed by atoms with E-state index in [9.17, 15) is 4.79 Å². The maximum absolute atomic E-state index is 12.9. The number of nitrogen functional groups attached to an aromatic ring is 1. The molecule has 0 unspecified atom stereocenters. The van der Waals surface area contributed by atoms with Gasteiger partial charge in [-0.3, -0.25) is 4.79 Å². The number of aromatic amines is 1. The highest BCUT2D eigenvalue weighted by molar-refractivity contribution is 6.07. The quantitative estimate of drug-likeness (QED) is 0.382. The van der Waals surface area contributed by atoms with Gasteiger partial charge >= 0.3 is 0 Å². The molecule has 4 N–H and O–H groups in total. The van der Waals surface area contributed by atoms with Crippen LogP contribution in [0.25, 0.3) is 28.1 Å². The van der Waals surface area contributed by atoms with Gasteiger partial charge in [-0.2, -0.15) is 0 Å². The molecule has 3 aromatic heterocycles. The van der Waals surface area contributed by atoms with Crippen LogP contribution in [0.1, 0.15) is 21.5 Å². The Labute approximate surface area is 194 Å². The molecule has 1 aliphatic rings. The summed E-state index contributed by atoms with van der Waals surface area (Å²) in [6.07, 6.45) is 6.96. The number of aryl methyl sites for hydroxylation is 2. The summed E-state index contributed by atoms with van der Waals surface area (Å²) in [6.45, 7) is 0. The average Bonchev–Trinajstić information content (AvgIpc) is 3.49. The lowest BCUT2D eigenvalue weighted by atomic mass is 9.90. The van der Waals surface area contributed by atoms with Gasteiger partial charge in [0.25, 0.3) is 11.9 Å². The van der Waals surface area contributed by atoms with Crippen LogP contribution in [0, 0.1) is 0 Å². The van der Waals surface area contributed by atoms with Crippen molar-refractivity contribution in [2.45, 2.75) is 12.8 Å². The van der Waals surface area contributed by atoms with E-state index in [0.717, 1.165) is 46.3 Å². The Morgan fingerprint density at radius 3 is 2.91 bits per heavy atom. The number of hydrogen-bond acceptors (Lipinski definition) is 6. The second-order valence-corrected chi connectivity index (χ2v) is 8.17. The van der Waals surface area contributed by atoms with Crippen molar-refractivity contribution in [2.75, 3.05) is 18.2 Å². The van der Waals surface area contributed by atoms with Crippen LogP contribution in [0.4, 0.5) is 11.5 Å². The number of nitrogens with one attached hydrogen (secondary N) is 2. The first-order chi connectivity index (χ1) is 16.6. The number of ether oxygens (including phenoxy) is 1. The number of nitrogens with two attached hydrogens (primary N) is 1. The van der Waals surface area contributed by atoms with Gasteiger partial charge in [0.1, 0.15) is 11.3 Å². The maximum Gasteiger partial charge on any atom is 0.261 e. The van der Waals surface area contributed by atoms with Crippen LogP contribution in [0.3, 0.4) is 0 Å². The first-order valence-electron chi connectivity index (χ1n) is 10.9. The lowest BCUT2D eigenvalue weighted by Gasteiger charge is -2.19. The minimum atomic E-state index is -0.353. The Morgan fingerprint density at radius 1 is 1.15 bits per heavy atom. The van der Waals surface area contributed by atoms with Gasteiger partial charge in [-0.15, -0.1) is 5.10 Å². The Morgan fingerprint density at radius 2 is 2.03 bits per heavy atom. The number of rotatable bonds is 4. The molecule has 0 spiro atoms. The highest BCUT2D eigenvalue weighted by Gasteiger charge is 2.21. The summed E-state index contributed by atoms with van der Waals surface area (Å²) in [5.41, 5.74) is 12.1. The van der Waals surface area contributed by atoms with Gasteiger partial charge in [-0.05, 0) is 66.4 Å². The van der Waals surface area contributed by atoms with Gasteiger partial charge in [0.2, 0.25) is 0 Å². The largest absolute Gasteiger partial charge is 0.497 e. The van der Waals surface area contributed by atoms with Crippen LogP contribution in [-0.4, -0.2) is 37.7 Å². The number of hydrogen-bond donors (Lipinski definition) is 3. The number of anilines is 2. The Hall–Kier alpha value is -4.66. The molecule has 9 nitrogen and oxygen atoms in total. The molecule has 0 saturated carbocycles. The van der Waals surface area contributed by atoms with Crippen LogP contribution in [0.2, 0.25) is 0 Å². The van der Waals surface area contributed by atoms with E-state index >= 15 is 0 Å². The van der Waals surface area contributed by atoms with Crippen molar-refractivity contribution in [1.29, 1.82) is 0 Å². The summed E-state index contributed by atoms with van der Waals surface area (Å²) in [5.74, 6) is 0.922. The zero-order valence-corrected chi connectivity index (χ0v) is 18.4. The lowest BCUT2D eigenvalue weighted by molar-refractivity contribution is 0.102. The van der Waals surface area contributed by atoms with Gasteiger partial charge < -0.3 is 20.8 Å². The van der Waals surface area contributed by atoms with Crippen molar-refractivity contribution in [3.05, 3.63) is 77.7 Å². The maximum atomic E-state index is 12.9. The zero-order valence-electron chi connectivity index (χ0n) is 18.4. The van der Waals surface area contributed by atoms with Crippen molar-refractivity contribution in [2.24, 2.45) is 0 Å². The third kappa shape index (κ3) is 3.34. The van der Waals surface area contributed by atoms with Crippen LogP contribution in [0.5, 0.6) is 5.75 Å². The molecule has 5 aromatic rings. The minimum absolute atomic E-state index is 0.103. The molecule has 0 saturated heterocycles. The first-order valence-corrected chi connectivity index (χ1v) is 10.9. The SMILES string of the molecule is COc1ccc2c(c1)CCc1cnc(-n3cc(C(=O)Nc4ccc5[nH]ccc5c4)c(N)n3)nc1-2. The molecule has 0 radical (unpaired) electrons. The predicted molar refractivity (Wildman–Crippen MR) is 129 cm³/mol. The molecule has 2 aromatic carbocycles. The Bertz CT molecular complexity index is 1570. The highest BCUT2D eigenvalue weighted by Crippen LogP contribution is 2.34. The predicted octanol–water partition coefficient (Wildman–Crippen LogP) is 3.75. The van der Waals surface area contributed by atoms with Crippen molar-refractivity contribution in [3.63, 3.8) is 0 Å². The van der Waals surface area contributed by atoms with Gasteiger partial charge in [0, 0.05) is 40.7 Å². The van der Waals surface area contributed by atoms with E-state index in [2.05, 4.69) is 20.4 Å². The molecule has 3 heterocycles. The molecule has 1 amide bonds. The normalized spacial score (nSPS) is 12.3. The second kappa shape index (κ2) is 7.73. The summed E-state index contributed by atoms with van der Waals surface area (Å²) >= 11 is 0. The fourth-order valence-corrected chi connectivity index (χ4v) is 4.32. The summed E-state index contributed by atoms with van der Waals surface area (Å²) in [6, 6.07) is 13.6. The fraction of sp³-hybridized carbons (Fsp3) is 0.120. The highest BCUT2D eigenvalue weighted by atomic mass is 16.5. The number of amides is 1. The van der Waals surface area contributed by atoms with Gasteiger partial charge in [-0.25, -0.2) is 14.6 Å². The molecule has 0 fully saturated rings. The van der Waals surface area contributed by atoms with E-state index in [1.807, 2.05) is 54.9 Å². The lowest BCUT2D eigenvalue weighted by Crippen LogP contribution is -2.13. The summed E-state index contributed by atoms with van der Waals surface area (Å²) in [7, 11) is 1.66. The van der Waals surface area contributed by atoms with Crippen LogP contribution in [0.15, 0.2) is 61.1 Å². The number of methoxy groups -OCH3 is 1. The number of benzene rings is 2. The van der Waals surface area contributed by atoms with Crippen LogP contribution < -0.4 is 15.8 Å². The number of nitrogens with zero attached hydrogens (tertiary/aromatic N) is 4. The number of aromatic nitrogens is 5. The zero-order chi connectivity index (χ0) is 23.2. The second-order valence-electron chi connectivity index (χ2n) is 8.17. The van der Waals surface area contributed by atoms with E-state index < -0.39 is 0 Å². The van der Waals surface area contributed by atoms with Gasteiger partial charge in [0.15, 0.2) is 5.82 Å². The van der Waals surface area contributed by atoms with E-state index in [1.165, 1.54) is 10.2 Å². The summed E-state index contributed by atoms with van der Waals surface area (Å²) in [4.78, 5) is 25.3. The first kappa shape index (κ1) is 20.0. The van der Waals surface area contributed by atoms with Crippen molar-refractivity contribution in [3.8, 4) is 23.0 Å². The topological polar surface area (TPSA) is 124 Å². The smallest absolute Gasteiger partial charge is 0.261 e. The monoisotopic (exact) mass is 451 g/mol.